The van der Waals surface area contributed by atoms with Crippen molar-refractivity contribution in [3.8, 4) is 22.6 Å². The SMILES string of the molecule is C=C/C(N)=C\C(=C/C)c1cnc2n[nH]c(-c3cc4c(-c5ccc(F)cc5)nccc4[nH]3)c2c1. The van der Waals surface area contributed by atoms with Gasteiger partial charge in [0.05, 0.1) is 17.1 Å². The molecule has 7 heteroatoms. The fourth-order valence-corrected chi connectivity index (χ4v) is 3.86. The second-order valence-corrected chi connectivity index (χ2v) is 7.60. The number of nitrogens with one attached hydrogen (secondary N) is 2. The average Bonchev–Trinajstić information content (AvgIpc) is 3.46. The van der Waals surface area contributed by atoms with E-state index in [1.54, 1.807) is 30.6 Å². The molecule has 5 aromatic rings. The third-order valence-corrected chi connectivity index (χ3v) is 5.55. The first-order valence-electron chi connectivity index (χ1n) is 10.4. The molecule has 0 fully saturated rings. The van der Waals surface area contributed by atoms with Gasteiger partial charge in [0.1, 0.15) is 5.82 Å². The zero-order chi connectivity index (χ0) is 22.9. The Morgan fingerprint density at radius 3 is 2.67 bits per heavy atom. The summed E-state index contributed by atoms with van der Waals surface area (Å²) in [5.74, 6) is -0.280. The molecule has 0 spiro atoms. The molecule has 0 radical (unpaired) electrons. The summed E-state index contributed by atoms with van der Waals surface area (Å²) in [7, 11) is 0. The van der Waals surface area contributed by atoms with E-state index >= 15 is 0 Å². The Hall–Kier alpha value is -4.52. The van der Waals surface area contributed by atoms with Gasteiger partial charge in [-0.2, -0.15) is 5.10 Å². The summed E-state index contributed by atoms with van der Waals surface area (Å²) in [5, 5.41) is 9.28. The number of nitrogens with zero attached hydrogens (tertiary/aromatic N) is 3. The second kappa shape index (κ2) is 8.20. The van der Waals surface area contributed by atoms with Crippen LogP contribution in [-0.2, 0) is 0 Å². The third kappa shape index (κ3) is 3.70. The lowest BCUT2D eigenvalue weighted by Crippen LogP contribution is -1.93. The summed E-state index contributed by atoms with van der Waals surface area (Å²) in [4.78, 5) is 12.5. The molecule has 0 aliphatic rings. The number of benzene rings is 1. The third-order valence-electron chi connectivity index (χ3n) is 5.55. The predicted molar refractivity (Wildman–Crippen MR) is 130 cm³/mol. The number of pyridine rings is 2. The molecule has 1 aromatic carbocycles. The van der Waals surface area contributed by atoms with Gasteiger partial charge in [0.15, 0.2) is 5.65 Å². The van der Waals surface area contributed by atoms with Gasteiger partial charge in [-0.15, -0.1) is 0 Å². The van der Waals surface area contributed by atoms with Crippen LogP contribution in [0.25, 0.3) is 50.2 Å². The van der Waals surface area contributed by atoms with Crippen molar-refractivity contribution in [3.05, 3.63) is 96.7 Å². The van der Waals surface area contributed by atoms with E-state index in [9.17, 15) is 4.39 Å². The molecule has 33 heavy (non-hydrogen) atoms. The Morgan fingerprint density at radius 1 is 1.09 bits per heavy atom. The molecule has 162 valence electrons. The minimum atomic E-state index is -0.280. The van der Waals surface area contributed by atoms with Gasteiger partial charge in [0, 0.05) is 45.5 Å². The number of nitrogens with two attached hydrogens (primary N) is 1. The molecular weight excluding hydrogens is 415 g/mol. The highest BCUT2D eigenvalue weighted by Crippen LogP contribution is 2.33. The number of hydrogen-bond acceptors (Lipinski definition) is 4. The van der Waals surface area contributed by atoms with Crippen LogP contribution in [0.5, 0.6) is 0 Å². The smallest absolute Gasteiger partial charge is 0.181 e. The lowest BCUT2D eigenvalue weighted by molar-refractivity contribution is 0.628. The molecule has 4 aromatic heterocycles. The fraction of sp³-hybridized carbons (Fsp3) is 0.0385. The van der Waals surface area contributed by atoms with Crippen molar-refractivity contribution >= 4 is 27.5 Å². The van der Waals surface area contributed by atoms with Gasteiger partial charge in [-0.3, -0.25) is 10.1 Å². The van der Waals surface area contributed by atoms with Crippen LogP contribution in [0, 0.1) is 5.82 Å². The first-order chi connectivity index (χ1) is 16.1. The Morgan fingerprint density at radius 2 is 1.91 bits per heavy atom. The summed E-state index contributed by atoms with van der Waals surface area (Å²) in [6, 6.07) is 12.3. The van der Waals surface area contributed by atoms with Gasteiger partial charge in [0.25, 0.3) is 0 Å². The van der Waals surface area contributed by atoms with E-state index in [-0.39, 0.29) is 5.82 Å². The molecule has 5 rings (SSSR count). The van der Waals surface area contributed by atoms with Crippen LogP contribution in [0.4, 0.5) is 4.39 Å². The van der Waals surface area contributed by atoms with Gasteiger partial charge in [0.2, 0.25) is 0 Å². The monoisotopic (exact) mass is 436 g/mol. The largest absolute Gasteiger partial charge is 0.399 e. The van der Waals surface area contributed by atoms with Crippen molar-refractivity contribution < 1.29 is 4.39 Å². The van der Waals surface area contributed by atoms with Crippen molar-refractivity contribution in [2.24, 2.45) is 5.73 Å². The molecule has 0 saturated carbocycles. The predicted octanol–water partition coefficient (Wildman–Crippen LogP) is 5.74. The topological polar surface area (TPSA) is 96.3 Å². The number of allylic oxidation sites excluding steroid dienone is 4. The number of fused-ring (bicyclic) bond motifs is 2. The number of H-pyrrole nitrogens is 2. The van der Waals surface area contributed by atoms with E-state index < -0.39 is 0 Å². The van der Waals surface area contributed by atoms with Crippen molar-refractivity contribution in [2.75, 3.05) is 0 Å². The first-order valence-corrected chi connectivity index (χ1v) is 10.4. The minimum absolute atomic E-state index is 0.280. The van der Waals surface area contributed by atoms with E-state index in [2.05, 4.69) is 31.7 Å². The zero-order valence-corrected chi connectivity index (χ0v) is 17.9. The van der Waals surface area contributed by atoms with Crippen LogP contribution >= 0.6 is 0 Å². The van der Waals surface area contributed by atoms with Crippen LogP contribution in [0.2, 0.25) is 0 Å². The lowest BCUT2D eigenvalue weighted by atomic mass is 10.0. The number of hydrogen-bond donors (Lipinski definition) is 3. The van der Waals surface area contributed by atoms with E-state index in [1.807, 2.05) is 37.3 Å². The van der Waals surface area contributed by atoms with Crippen molar-refractivity contribution in [3.63, 3.8) is 0 Å². The highest BCUT2D eigenvalue weighted by atomic mass is 19.1. The molecule has 4 heterocycles. The summed E-state index contributed by atoms with van der Waals surface area (Å²) < 4.78 is 13.4. The van der Waals surface area contributed by atoms with Crippen molar-refractivity contribution in [2.45, 2.75) is 6.92 Å². The van der Waals surface area contributed by atoms with Gasteiger partial charge < -0.3 is 10.7 Å². The first kappa shape index (κ1) is 20.4. The normalized spacial score (nSPS) is 12.5. The maximum Gasteiger partial charge on any atom is 0.181 e. The standard InChI is InChI=1S/C26H21FN6/c1-3-15(11-19(28)4-2)17-12-21-25(32-33-26(21)30-14-17)23-13-20-22(31-23)9-10-29-24(20)16-5-7-18(27)8-6-16/h3-14,31H,2,28H2,1H3,(H,30,32,33)/b15-3+,19-11+. The molecule has 0 saturated heterocycles. The number of aromatic nitrogens is 5. The highest BCUT2D eigenvalue weighted by Gasteiger charge is 2.15. The van der Waals surface area contributed by atoms with E-state index in [4.69, 9.17) is 5.73 Å². The number of rotatable bonds is 5. The van der Waals surface area contributed by atoms with Crippen LogP contribution in [0.15, 0.2) is 85.4 Å². The lowest BCUT2D eigenvalue weighted by Gasteiger charge is -2.04. The van der Waals surface area contributed by atoms with Crippen LogP contribution in [0.3, 0.4) is 0 Å². The Kier molecular flexibility index (Phi) is 5.06. The molecule has 4 N–H and O–H groups in total. The zero-order valence-electron chi connectivity index (χ0n) is 17.9. The van der Waals surface area contributed by atoms with Gasteiger partial charge in [-0.05, 0) is 67.1 Å². The maximum absolute atomic E-state index is 13.4. The van der Waals surface area contributed by atoms with Gasteiger partial charge in [-0.1, -0.05) is 12.7 Å². The summed E-state index contributed by atoms with van der Waals surface area (Å²) >= 11 is 0. The minimum Gasteiger partial charge on any atom is -0.399 e. The molecule has 0 aliphatic heterocycles. The summed E-state index contributed by atoms with van der Waals surface area (Å²) in [5.41, 5.74) is 13.2. The van der Waals surface area contributed by atoms with Crippen LogP contribution < -0.4 is 5.73 Å². The number of halogens is 1. The van der Waals surface area contributed by atoms with Crippen LogP contribution in [-0.4, -0.2) is 25.1 Å². The fourth-order valence-electron chi connectivity index (χ4n) is 3.86. The highest BCUT2D eigenvalue weighted by molar-refractivity contribution is 5.99. The maximum atomic E-state index is 13.4. The number of aromatic amines is 2. The summed E-state index contributed by atoms with van der Waals surface area (Å²) in [6.45, 7) is 5.66. The van der Waals surface area contributed by atoms with Gasteiger partial charge >= 0.3 is 0 Å². The Labute approximate surface area is 189 Å². The van der Waals surface area contributed by atoms with E-state index in [0.717, 1.165) is 50.1 Å². The molecular formula is C26H21FN6. The van der Waals surface area contributed by atoms with Crippen LogP contribution in [0.1, 0.15) is 12.5 Å². The Bertz CT molecular complexity index is 1550. The van der Waals surface area contributed by atoms with E-state index in [0.29, 0.717) is 11.3 Å². The average molecular weight is 436 g/mol. The van der Waals surface area contributed by atoms with Crippen molar-refractivity contribution in [1.82, 2.24) is 25.1 Å². The molecule has 6 nitrogen and oxygen atoms in total. The second-order valence-electron chi connectivity index (χ2n) is 7.60. The van der Waals surface area contributed by atoms with E-state index in [1.165, 1.54) is 12.1 Å². The molecule has 0 unspecified atom stereocenters. The molecule has 0 atom stereocenters. The molecule has 0 aliphatic carbocycles. The van der Waals surface area contributed by atoms with Gasteiger partial charge in [-0.25, -0.2) is 9.37 Å². The van der Waals surface area contributed by atoms with Crippen molar-refractivity contribution in [1.29, 1.82) is 0 Å². The molecule has 0 bridgehead atoms. The quantitative estimate of drug-likeness (QED) is 0.306. The Balaban J connectivity index is 1.63. The molecule has 0 amide bonds. The summed E-state index contributed by atoms with van der Waals surface area (Å²) in [6.07, 6.45) is 8.95.